The number of benzene rings is 2. The summed E-state index contributed by atoms with van der Waals surface area (Å²) in [7, 11) is 0. The molecular formula is C13H15MgNS2. The van der Waals surface area contributed by atoms with E-state index in [9.17, 15) is 0 Å². The van der Waals surface area contributed by atoms with Crippen LogP contribution in [-0.2, 0) is 0 Å². The van der Waals surface area contributed by atoms with Crippen molar-refractivity contribution in [3.8, 4) is 11.1 Å². The average Bonchev–Trinajstić information content (AvgIpc) is 2.31. The van der Waals surface area contributed by atoms with E-state index in [1.807, 2.05) is 12.1 Å². The smallest absolute Gasteiger partial charge is 1.00 e. The minimum atomic E-state index is 0. The third-order valence-corrected chi connectivity index (χ3v) is 1.88. The van der Waals surface area contributed by atoms with Gasteiger partial charge >= 0.3 is 23.1 Å². The number of hydrogen-bond acceptors (Lipinski definition) is 1. The van der Waals surface area contributed by atoms with Gasteiger partial charge in [0.1, 0.15) is 4.32 Å². The van der Waals surface area contributed by atoms with Crippen molar-refractivity contribution in [3.05, 3.63) is 60.7 Å². The van der Waals surface area contributed by atoms with Crippen molar-refractivity contribution in [2.24, 2.45) is 5.73 Å². The van der Waals surface area contributed by atoms with E-state index < -0.39 is 0 Å². The van der Waals surface area contributed by atoms with Gasteiger partial charge in [-0.1, -0.05) is 72.9 Å². The van der Waals surface area contributed by atoms with Crippen molar-refractivity contribution in [1.29, 1.82) is 0 Å². The maximum Gasteiger partial charge on any atom is 2.00 e. The molecule has 2 aromatic rings. The van der Waals surface area contributed by atoms with E-state index in [0.29, 0.717) is 0 Å². The van der Waals surface area contributed by atoms with Crippen LogP contribution >= 0.6 is 24.8 Å². The van der Waals surface area contributed by atoms with Gasteiger partial charge in [-0.3, -0.25) is 0 Å². The van der Waals surface area contributed by atoms with Crippen molar-refractivity contribution in [2.75, 3.05) is 0 Å². The Balaban J connectivity index is -0.000000329. The first kappa shape index (κ1) is 16.4. The normalized spacial score (nSPS) is 8.29. The van der Waals surface area contributed by atoms with Crippen LogP contribution in [0.15, 0.2) is 60.7 Å². The standard InChI is InChI=1S/C12H10.CH3NS2.Mg.2H/c1-3-7-11(8-4-1)12-9-5-2-6-10-12;2-1(3)4;;;/h1-10H;(H3,2,3,4);;;/q;;+2;2*-1. The summed E-state index contributed by atoms with van der Waals surface area (Å²) in [5.41, 5.74) is 7.26. The van der Waals surface area contributed by atoms with Gasteiger partial charge < -0.3 is 8.59 Å². The van der Waals surface area contributed by atoms with Crippen LogP contribution in [0.4, 0.5) is 0 Å². The van der Waals surface area contributed by atoms with E-state index in [1.54, 1.807) is 0 Å². The molecule has 0 fully saturated rings. The summed E-state index contributed by atoms with van der Waals surface area (Å²) in [6, 6.07) is 20.8. The Labute approximate surface area is 132 Å². The Hall–Kier alpha value is -0.554. The molecule has 0 heterocycles. The summed E-state index contributed by atoms with van der Waals surface area (Å²) in [5.74, 6) is 0. The molecule has 0 atom stereocenters. The van der Waals surface area contributed by atoms with Gasteiger partial charge in [-0.15, -0.1) is 12.6 Å². The van der Waals surface area contributed by atoms with E-state index in [4.69, 9.17) is 5.73 Å². The molecule has 0 spiro atoms. The second kappa shape index (κ2) is 9.47. The monoisotopic (exact) mass is 273 g/mol. The molecule has 4 heteroatoms. The summed E-state index contributed by atoms with van der Waals surface area (Å²) in [6.45, 7) is 0. The molecule has 0 aliphatic carbocycles. The van der Waals surface area contributed by atoms with Crippen LogP contribution in [0.2, 0.25) is 0 Å². The summed E-state index contributed by atoms with van der Waals surface area (Å²) >= 11 is 7.65. The van der Waals surface area contributed by atoms with Gasteiger partial charge in [0.2, 0.25) is 0 Å². The molecule has 0 aromatic heterocycles. The van der Waals surface area contributed by atoms with Crippen LogP contribution in [0.1, 0.15) is 2.85 Å². The Morgan fingerprint density at radius 1 is 0.882 bits per heavy atom. The molecule has 2 aromatic carbocycles. The quantitative estimate of drug-likeness (QED) is 0.473. The molecule has 0 saturated carbocycles. The number of rotatable bonds is 1. The first-order valence-electron chi connectivity index (χ1n) is 4.79. The molecule has 2 N–H and O–H groups in total. The van der Waals surface area contributed by atoms with E-state index >= 15 is 0 Å². The van der Waals surface area contributed by atoms with Gasteiger partial charge in [0, 0.05) is 0 Å². The van der Waals surface area contributed by atoms with Crippen LogP contribution in [0.5, 0.6) is 0 Å². The van der Waals surface area contributed by atoms with E-state index in [-0.39, 0.29) is 30.2 Å². The van der Waals surface area contributed by atoms with Crippen LogP contribution in [-0.4, -0.2) is 27.4 Å². The number of thiocarbonyl (C=S) groups is 1. The molecule has 86 valence electrons. The zero-order valence-corrected chi connectivity index (χ0v) is 12.5. The maximum absolute atomic E-state index is 4.71. The SMILES string of the molecule is NC(=S)S.[H-].[H-].[Mg+2].c1ccc(-c2ccccc2)cc1. The number of thiol groups is 1. The second-order valence-corrected chi connectivity index (χ2v) is 4.29. The van der Waals surface area contributed by atoms with Gasteiger partial charge in [-0.05, 0) is 11.1 Å². The zero-order chi connectivity index (χ0) is 11.8. The molecule has 0 saturated heterocycles. The van der Waals surface area contributed by atoms with Crippen LogP contribution < -0.4 is 5.73 Å². The molecule has 0 unspecified atom stereocenters. The molecule has 17 heavy (non-hydrogen) atoms. The summed E-state index contributed by atoms with van der Waals surface area (Å²) in [6.07, 6.45) is 0. The van der Waals surface area contributed by atoms with Gasteiger partial charge in [0.25, 0.3) is 0 Å². The fourth-order valence-corrected chi connectivity index (χ4v) is 1.26. The van der Waals surface area contributed by atoms with Crippen LogP contribution in [0.3, 0.4) is 0 Å². The first-order valence-corrected chi connectivity index (χ1v) is 5.64. The molecule has 0 radical (unpaired) electrons. The fourth-order valence-electron chi connectivity index (χ4n) is 1.26. The Kier molecular flexibility index (Phi) is 9.17. The zero-order valence-electron chi connectivity index (χ0n) is 11.4. The van der Waals surface area contributed by atoms with Gasteiger partial charge in [0.05, 0.1) is 0 Å². The molecule has 0 amide bonds. The third kappa shape index (κ3) is 7.39. The topological polar surface area (TPSA) is 26.0 Å². The molecule has 0 aliphatic rings. The molecule has 2 rings (SSSR count). The maximum atomic E-state index is 4.71. The van der Waals surface area contributed by atoms with Crippen LogP contribution in [0, 0.1) is 0 Å². The van der Waals surface area contributed by atoms with Crippen molar-refractivity contribution < 1.29 is 2.85 Å². The van der Waals surface area contributed by atoms with Crippen molar-refractivity contribution in [3.63, 3.8) is 0 Å². The molecule has 1 nitrogen and oxygen atoms in total. The molecule has 0 bridgehead atoms. The first-order chi connectivity index (χ1) is 7.70. The predicted molar refractivity (Wildman–Crippen MR) is 85.6 cm³/mol. The fraction of sp³-hybridized carbons (Fsp3) is 0. The van der Waals surface area contributed by atoms with Crippen molar-refractivity contribution in [1.82, 2.24) is 0 Å². The van der Waals surface area contributed by atoms with E-state index in [2.05, 4.69) is 73.4 Å². The van der Waals surface area contributed by atoms with Gasteiger partial charge in [-0.25, -0.2) is 0 Å². The number of nitrogens with two attached hydrogens (primary N) is 1. The minimum Gasteiger partial charge on any atom is -1.00 e. The van der Waals surface area contributed by atoms with Crippen molar-refractivity contribution >= 4 is 52.2 Å². The summed E-state index contributed by atoms with van der Waals surface area (Å²) < 4.78 is 0.194. The predicted octanol–water partition coefficient (Wildman–Crippen LogP) is 3.36. The Morgan fingerprint density at radius 3 is 1.35 bits per heavy atom. The molecule has 0 aliphatic heterocycles. The Bertz CT molecular complexity index is 399. The van der Waals surface area contributed by atoms with Gasteiger partial charge in [-0.2, -0.15) is 0 Å². The van der Waals surface area contributed by atoms with Crippen LogP contribution in [0.25, 0.3) is 11.1 Å². The van der Waals surface area contributed by atoms with Gasteiger partial charge in [0.15, 0.2) is 0 Å². The largest absolute Gasteiger partial charge is 2.00 e. The Morgan fingerprint density at radius 2 is 1.12 bits per heavy atom. The minimum absolute atomic E-state index is 0. The summed E-state index contributed by atoms with van der Waals surface area (Å²) in [5, 5.41) is 0. The summed E-state index contributed by atoms with van der Waals surface area (Å²) in [4.78, 5) is 0. The molecular weight excluding hydrogens is 259 g/mol. The van der Waals surface area contributed by atoms with E-state index in [0.717, 1.165) is 0 Å². The average molecular weight is 274 g/mol. The van der Waals surface area contributed by atoms with E-state index in [1.165, 1.54) is 11.1 Å². The third-order valence-electron chi connectivity index (χ3n) is 1.88. The van der Waals surface area contributed by atoms with Crippen molar-refractivity contribution in [2.45, 2.75) is 0 Å². The second-order valence-electron chi connectivity index (χ2n) is 3.07. The number of hydrogen-bond donors (Lipinski definition) is 2.